The molecule has 1 saturated heterocycles. The summed E-state index contributed by atoms with van der Waals surface area (Å²) < 4.78 is 5.43. The Morgan fingerprint density at radius 3 is 2.53 bits per heavy atom. The Labute approximate surface area is 99.8 Å². The number of nitrogens with one attached hydrogen (secondary N) is 1. The van der Waals surface area contributed by atoms with Crippen LogP contribution in [0.25, 0.3) is 0 Å². The van der Waals surface area contributed by atoms with E-state index in [2.05, 4.69) is 5.32 Å². The minimum Gasteiger partial charge on any atom is -0.481 e. The highest BCUT2D eigenvalue weighted by molar-refractivity contribution is 5.87. The fourth-order valence-electron chi connectivity index (χ4n) is 2.42. The molecule has 2 aliphatic rings. The maximum Gasteiger partial charge on any atom is 0.310 e. The summed E-state index contributed by atoms with van der Waals surface area (Å²) in [6.45, 7) is 2.63. The molecule has 0 radical (unpaired) electrons. The minimum atomic E-state index is -0.961. The van der Waals surface area contributed by atoms with Gasteiger partial charge in [0.1, 0.15) is 5.92 Å². The van der Waals surface area contributed by atoms with Gasteiger partial charge in [-0.1, -0.05) is 25.5 Å². The van der Waals surface area contributed by atoms with Gasteiger partial charge in [-0.15, -0.1) is 0 Å². The van der Waals surface area contributed by atoms with E-state index in [-0.39, 0.29) is 12.0 Å². The third-order valence-corrected chi connectivity index (χ3v) is 3.32. The molecule has 17 heavy (non-hydrogen) atoms. The summed E-state index contributed by atoms with van der Waals surface area (Å²) in [5.74, 6) is -2.49. The van der Waals surface area contributed by atoms with E-state index >= 15 is 0 Å². The lowest BCUT2D eigenvalue weighted by Crippen LogP contribution is -2.42. The number of rotatable bonds is 5. The molecule has 0 aromatic heterocycles. The van der Waals surface area contributed by atoms with Crippen LogP contribution in [0.1, 0.15) is 19.8 Å². The number of carboxylic acid groups (broad SMARTS) is 1. The number of ether oxygens (including phenoxy) is 1. The molecule has 4 unspecified atom stereocenters. The van der Waals surface area contributed by atoms with Gasteiger partial charge in [-0.2, -0.15) is 0 Å². The van der Waals surface area contributed by atoms with Crippen LogP contribution in [0.3, 0.4) is 0 Å². The molecule has 0 aromatic rings. The molecule has 5 heteroatoms. The fourth-order valence-corrected chi connectivity index (χ4v) is 2.42. The number of hydrogen-bond donors (Lipinski definition) is 2. The van der Waals surface area contributed by atoms with Gasteiger partial charge in [0, 0.05) is 6.54 Å². The highest BCUT2D eigenvalue weighted by Gasteiger charge is 2.52. The largest absolute Gasteiger partial charge is 0.481 e. The van der Waals surface area contributed by atoms with Crippen molar-refractivity contribution in [1.82, 2.24) is 5.32 Å². The molecular weight excluding hydrogens is 222 g/mol. The first-order valence-corrected chi connectivity index (χ1v) is 5.99. The Morgan fingerprint density at radius 1 is 1.29 bits per heavy atom. The predicted octanol–water partition coefficient (Wildman–Crippen LogP) is 0.557. The zero-order valence-electron chi connectivity index (χ0n) is 9.76. The van der Waals surface area contributed by atoms with Gasteiger partial charge in [0.05, 0.1) is 18.1 Å². The second-order valence-electron chi connectivity index (χ2n) is 4.48. The summed E-state index contributed by atoms with van der Waals surface area (Å²) in [5.41, 5.74) is 0. The van der Waals surface area contributed by atoms with Crippen molar-refractivity contribution >= 4 is 11.9 Å². The summed E-state index contributed by atoms with van der Waals surface area (Å²) >= 11 is 0. The van der Waals surface area contributed by atoms with Gasteiger partial charge in [0.15, 0.2) is 0 Å². The minimum absolute atomic E-state index is 0.206. The molecule has 5 nitrogen and oxygen atoms in total. The average Bonchev–Trinajstić information content (AvgIpc) is 2.88. The zero-order valence-corrected chi connectivity index (χ0v) is 9.76. The van der Waals surface area contributed by atoms with Gasteiger partial charge in [-0.05, 0) is 6.42 Å². The maximum absolute atomic E-state index is 11.9. The van der Waals surface area contributed by atoms with Crippen LogP contribution in [0.15, 0.2) is 12.2 Å². The smallest absolute Gasteiger partial charge is 0.310 e. The molecule has 1 fully saturated rings. The van der Waals surface area contributed by atoms with Gasteiger partial charge >= 0.3 is 5.97 Å². The van der Waals surface area contributed by atoms with E-state index in [1.165, 1.54) is 0 Å². The van der Waals surface area contributed by atoms with Crippen LogP contribution in [-0.4, -0.2) is 35.7 Å². The third kappa shape index (κ3) is 2.20. The zero-order chi connectivity index (χ0) is 12.4. The van der Waals surface area contributed by atoms with Crippen molar-refractivity contribution < 1.29 is 19.4 Å². The molecule has 0 aliphatic carbocycles. The Morgan fingerprint density at radius 2 is 1.94 bits per heavy atom. The molecule has 94 valence electrons. The molecular formula is C12H17NO4. The highest BCUT2D eigenvalue weighted by atomic mass is 16.5. The number of unbranched alkanes of at least 4 members (excludes halogenated alkanes) is 1. The van der Waals surface area contributed by atoms with Crippen LogP contribution in [0.5, 0.6) is 0 Å². The Kier molecular flexibility index (Phi) is 3.47. The molecule has 0 saturated carbocycles. The topological polar surface area (TPSA) is 75.6 Å². The van der Waals surface area contributed by atoms with Crippen molar-refractivity contribution in [3.8, 4) is 0 Å². The van der Waals surface area contributed by atoms with E-state index in [0.29, 0.717) is 6.54 Å². The lowest BCUT2D eigenvalue weighted by molar-refractivity contribution is -0.146. The van der Waals surface area contributed by atoms with Crippen LogP contribution in [-0.2, 0) is 14.3 Å². The Hall–Kier alpha value is -1.36. The molecule has 2 N–H and O–H groups in total. The van der Waals surface area contributed by atoms with Crippen LogP contribution in [0, 0.1) is 11.8 Å². The predicted molar refractivity (Wildman–Crippen MR) is 60.3 cm³/mol. The molecule has 1 amide bonds. The van der Waals surface area contributed by atoms with Crippen LogP contribution >= 0.6 is 0 Å². The molecule has 2 aliphatic heterocycles. The Balaban J connectivity index is 2.01. The number of carboxylic acids is 1. The van der Waals surface area contributed by atoms with Gasteiger partial charge in [-0.3, -0.25) is 9.59 Å². The van der Waals surface area contributed by atoms with Gasteiger partial charge in [0.25, 0.3) is 0 Å². The van der Waals surface area contributed by atoms with E-state index in [0.717, 1.165) is 12.8 Å². The van der Waals surface area contributed by atoms with Gasteiger partial charge in [-0.25, -0.2) is 0 Å². The van der Waals surface area contributed by atoms with Crippen molar-refractivity contribution in [3.63, 3.8) is 0 Å². The van der Waals surface area contributed by atoms with Crippen LogP contribution < -0.4 is 5.32 Å². The number of aliphatic carboxylic acids is 1. The number of hydrogen-bond acceptors (Lipinski definition) is 3. The van der Waals surface area contributed by atoms with E-state index in [9.17, 15) is 9.59 Å². The normalized spacial score (nSPS) is 33.9. The van der Waals surface area contributed by atoms with E-state index in [1.54, 1.807) is 12.2 Å². The van der Waals surface area contributed by atoms with Crippen molar-refractivity contribution in [3.05, 3.63) is 12.2 Å². The third-order valence-electron chi connectivity index (χ3n) is 3.32. The Bertz CT molecular complexity index is 352. The molecule has 0 spiro atoms. The first-order valence-electron chi connectivity index (χ1n) is 5.99. The summed E-state index contributed by atoms with van der Waals surface area (Å²) in [4.78, 5) is 23.1. The molecule has 2 heterocycles. The molecule has 2 bridgehead atoms. The highest BCUT2D eigenvalue weighted by Crippen LogP contribution is 2.39. The second kappa shape index (κ2) is 4.87. The van der Waals surface area contributed by atoms with E-state index < -0.39 is 23.9 Å². The van der Waals surface area contributed by atoms with E-state index in [1.807, 2.05) is 6.92 Å². The monoisotopic (exact) mass is 239 g/mol. The molecule has 2 rings (SSSR count). The lowest BCUT2D eigenvalue weighted by atomic mass is 9.82. The average molecular weight is 239 g/mol. The summed E-state index contributed by atoms with van der Waals surface area (Å²) in [6.07, 6.45) is 4.60. The van der Waals surface area contributed by atoms with Crippen molar-refractivity contribution in [1.29, 1.82) is 0 Å². The summed E-state index contributed by atoms with van der Waals surface area (Å²) in [7, 11) is 0. The lowest BCUT2D eigenvalue weighted by Gasteiger charge is -2.20. The number of fused-ring (bicyclic) bond motifs is 2. The maximum atomic E-state index is 11.9. The SMILES string of the molecule is CCCCNC(=O)C1C2C=CC(O2)C1C(=O)O. The second-order valence-corrected chi connectivity index (χ2v) is 4.48. The van der Waals surface area contributed by atoms with E-state index in [4.69, 9.17) is 9.84 Å². The quantitative estimate of drug-likeness (QED) is 0.543. The van der Waals surface area contributed by atoms with Crippen molar-refractivity contribution in [2.45, 2.75) is 32.0 Å². The summed E-state index contributed by atoms with van der Waals surface area (Å²) in [5, 5.41) is 11.9. The molecule has 0 aromatic carbocycles. The fraction of sp³-hybridized carbons (Fsp3) is 0.667. The molecule has 4 atom stereocenters. The van der Waals surface area contributed by atoms with Gasteiger partial charge < -0.3 is 15.2 Å². The van der Waals surface area contributed by atoms with Gasteiger partial charge in [0.2, 0.25) is 5.91 Å². The number of carbonyl (C=O) groups excluding carboxylic acids is 1. The first kappa shape index (κ1) is 12.1. The first-order chi connectivity index (χ1) is 8.15. The summed E-state index contributed by atoms with van der Waals surface area (Å²) in [6, 6.07) is 0. The van der Waals surface area contributed by atoms with Crippen LogP contribution in [0.2, 0.25) is 0 Å². The number of carbonyl (C=O) groups is 2. The van der Waals surface area contributed by atoms with Crippen molar-refractivity contribution in [2.24, 2.45) is 11.8 Å². The van der Waals surface area contributed by atoms with Crippen LogP contribution in [0.4, 0.5) is 0 Å². The standard InChI is InChI=1S/C12H17NO4/c1-2-3-6-13-11(14)9-7-4-5-8(17-7)10(9)12(15)16/h4-5,7-10H,2-3,6H2,1H3,(H,13,14)(H,15,16). The van der Waals surface area contributed by atoms with Crippen molar-refractivity contribution in [2.75, 3.05) is 6.54 Å². The number of amides is 1.